The number of benzene rings is 2. The summed E-state index contributed by atoms with van der Waals surface area (Å²) in [5.74, 6) is 3.03. The van der Waals surface area contributed by atoms with Crippen LogP contribution < -0.4 is 10.1 Å². The summed E-state index contributed by atoms with van der Waals surface area (Å²) in [5, 5.41) is 2.83. The molecule has 1 amide bonds. The van der Waals surface area contributed by atoms with E-state index in [2.05, 4.69) is 40.0 Å². The van der Waals surface area contributed by atoms with Crippen LogP contribution >= 0.6 is 46.1 Å². The molecule has 0 unspecified atom stereocenters. The van der Waals surface area contributed by atoms with Crippen LogP contribution in [0.1, 0.15) is 16.6 Å². The number of amides is 1. The number of nitrogens with one attached hydrogen (secondary N) is 1. The Bertz CT molecular complexity index is 670. The van der Waals surface area contributed by atoms with E-state index in [0.717, 1.165) is 15.0 Å². The Labute approximate surface area is 164 Å². The van der Waals surface area contributed by atoms with Crippen molar-refractivity contribution in [2.75, 3.05) is 23.4 Å². The zero-order valence-electron chi connectivity index (χ0n) is 13.0. The molecule has 1 heterocycles. The zero-order chi connectivity index (χ0) is 16.8. The van der Waals surface area contributed by atoms with Crippen LogP contribution in [0.5, 0.6) is 5.75 Å². The average Bonchev–Trinajstić information content (AvgIpc) is 2.63. The quantitative estimate of drug-likeness (QED) is 0.611. The van der Waals surface area contributed by atoms with E-state index < -0.39 is 0 Å². The molecule has 24 heavy (non-hydrogen) atoms. The molecule has 0 bridgehead atoms. The van der Waals surface area contributed by atoms with Crippen molar-refractivity contribution in [2.45, 2.75) is 11.0 Å². The van der Waals surface area contributed by atoms with Crippen molar-refractivity contribution in [3.05, 3.63) is 57.7 Å². The summed E-state index contributed by atoms with van der Waals surface area (Å²) in [5.41, 5.74) is 2.10. The SMILES string of the molecule is O=C(COc1ccc(C2SCCCS2)cc1)Nc1ccc(I)cc1. The predicted molar refractivity (Wildman–Crippen MR) is 112 cm³/mol. The highest BCUT2D eigenvalue weighted by Crippen LogP contribution is 2.43. The Morgan fingerprint density at radius 3 is 2.42 bits per heavy atom. The van der Waals surface area contributed by atoms with E-state index in [-0.39, 0.29) is 12.5 Å². The van der Waals surface area contributed by atoms with Crippen LogP contribution in [0.3, 0.4) is 0 Å². The number of anilines is 1. The van der Waals surface area contributed by atoms with E-state index in [1.54, 1.807) is 0 Å². The van der Waals surface area contributed by atoms with Crippen LogP contribution in [0.25, 0.3) is 0 Å². The maximum absolute atomic E-state index is 11.9. The molecule has 126 valence electrons. The molecule has 0 aliphatic carbocycles. The second-order valence-corrected chi connectivity index (χ2v) is 9.31. The normalized spacial score (nSPS) is 15.0. The van der Waals surface area contributed by atoms with E-state index in [1.807, 2.05) is 59.9 Å². The van der Waals surface area contributed by atoms with Crippen molar-refractivity contribution in [1.82, 2.24) is 0 Å². The molecule has 3 rings (SSSR count). The first-order valence-electron chi connectivity index (χ1n) is 7.72. The van der Waals surface area contributed by atoms with Crippen LogP contribution in [0.15, 0.2) is 48.5 Å². The highest BCUT2D eigenvalue weighted by atomic mass is 127. The minimum Gasteiger partial charge on any atom is -0.484 e. The smallest absolute Gasteiger partial charge is 0.262 e. The first kappa shape index (κ1) is 17.9. The van der Waals surface area contributed by atoms with Gasteiger partial charge in [-0.2, -0.15) is 0 Å². The van der Waals surface area contributed by atoms with E-state index in [0.29, 0.717) is 4.58 Å². The van der Waals surface area contributed by atoms with E-state index in [9.17, 15) is 4.79 Å². The summed E-state index contributed by atoms with van der Waals surface area (Å²) in [6, 6.07) is 15.8. The molecule has 0 atom stereocenters. The number of carbonyl (C=O) groups excluding carboxylic acids is 1. The maximum Gasteiger partial charge on any atom is 0.262 e. The van der Waals surface area contributed by atoms with Gasteiger partial charge >= 0.3 is 0 Å². The van der Waals surface area contributed by atoms with Gasteiger partial charge in [-0.15, -0.1) is 23.5 Å². The Balaban J connectivity index is 1.49. The third-order valence-electron chi connectivity index (χ3n) is 3.48. The van der Waals surface area contributed by atoms with Gasteiger partial charge in [0.2, 0.25) is 0 Å². The van der Waals surface area contributed by atoms with Gasteiger partial charge in [0.1, 0.15) is 5.75 Å². The van der Waals surface area contributed by atoms with Crippen molar-refractivity contribution < 1.29 is 9.53 Å². The Morgan fingerprint density at radius 1 is 1.08 bits per heavy atom. The highest BCUT2D eigenvalue weighted by Gasteiger charge is 2.16. The number of thioether (sulfide) groups is 2. The molecular weight excluding hydrogens is 453 g/mol. The van der Waals surface area contributed by atoms with Gasteiger partial charge in [0.15, 0.2) is 6.61 Å². The molecule has 1 saturated heterocycles. The van der Waals surface area contributed by atoms with Gasteiger partial charge in [-0.3, -0.25) is 4.79 Å². The fraction of sp³-hybridized carbons (Fsp3) is 0.278. The largest absolute Gasteiger partial charge is 0.484 e. The lowest BCUT2D eigenvalue weighted by atomic mass is 10.2. The van der Waals surface area contributed by atoms with Crippen LogP contribution in [0, 0.1) is 3.57 Å². The van der Waals surface area contributed by atoms with Gasteiger partial charge in [0, 0.05) is 9.26 Å². The number of hydrogen-bond donors (Lipinski definition) is 1. The monoisotopic (exact) mass is 471 g/mol. The van der Waals surface area contributed by atoms with Crippen LogP contribution in [0.2, 0.25) is 0 Å². The van der Waals surface area contributed by atoms with Crippen LogP contribution in [0.4, 0.5) is 5.69 Å². The van der Waals surface area contributed by atoms with E-state index in [4.69, 9.17) is 4.74 Å². The molecule has 0 saturated carbocycles. The summed E-state index contributed by atoms with van der Waals surface area (Å²) in [7, 11) is 0. The zero-order valence-corrected chi connectivity index (χ0v) is 16.8. The molecule has 6 heteroatoms. The number of hydrogen-bond acceptors (Lipinski definition) is 4. The summed E-state index contributed by atoms with van der Waals surface area (Å²) in [4.78, 5) is 11.9. The molecular formula is C18H18INO2S2. The molecule has 1 aliphatic heterocycles. The molecule has 1 fully saturated rings. The first-order chi connectivity index (χ1) is 11.7. The summed E-state index contributed by atoms with van der Waals surface area (Å²) in [6.07, 6.45) is 1.29. The lowest BCUT2D eigenvalue weighted by molar-refractivity contribution is -0.118. The minimum absolute atomic E-state index is 0.0122. The van der Waals surface area contributed by atoms with Gasteiger partial charge in [0.25, 0.3) is 5.91 Å². The first-order valence-corrected chi connectivity index (χ1v) is 10.9. The molecule has 0 radical (unpaired) electrons. The molecule has 0 aromatic heterocycles. The van der Waals surface area contributed by atoms with Gasteiger partial charge in [0.05, 0.1) is 4.58 Å². The summed E-state index contributed by atoms with van der Waals surface area (Å²) >= 11 is 6.23. The van der Waals surface area contributed by atoms with Gasteiger partial charge < -0.3 is 10.1 Å². The Kier molecular flexibility index (Phi) is 6.74. The topological polar surface area (TPSA) is 38.3 Å². The molecule has 1 aliphatic rings. The number of halogens is 1. The van der Waals surface area contributed by atoms with Crippen molar-refractivity contribution in [3.8, 4) is 5.75 Å². The third-order valence-corrected chi connectivity index (χ3v) is 7.21. The summed E-state index contributed by atoms with van der Waals surface area (Å²) < 4.78 is 7.24. The molecule has 0 spiro atoms. The highest BCUT2D eigenvalue weighted by molar-refractivity contribution is 14.1. The fourth-order valence-corrected chi connectivity index (χ4v) is 5.53. The molecule has 1 N–H and O–H groups in total. The Morgan fingerprint density at radius 2 is 1.75 bits per heavy atom. The van der Waals surface area contributed by atoms with Crippen molar-refractivity contribution in [1.29, 1.82) is 0 Å². The lowest BCUT2D eigenvalue weighted by Gasteiger charge is -2.21. The Hall–Kier alpha value is -0.860. The minimum atomic E-state index is -0.154. The van der Waals surface area contributed by atoms with Crippen molar-refractivity contribution >= 4 is 57.7 Å². The van der Waals surface area contributed by atoms with Crippen LogP contribution in [-0.4, -0.2) is 24.0 Å². The third kappa shape index (κ3) is 5.32. The average molecular weight is 471 g/mol. The van der Waals surface area contributed by atoms with Gasteiger partial charge in [-0.05, 0) is 82.5 Å². The maximum atomic E-state index is 11.9. The standard InChI is InChI=1S/C18H18INO2S2/c19-14-4-6-15(7-5-14)20-17(21)12-22-16-8-2-13(3-9-16)18-23-10-1-11-24-18/h2-9,18H,1,10-12H2,(H,20,21). The van der Waals surface area contributed by atoms with Gasteiger partial charge in [-0.1, -0.05) is 12.1 Å². The fourth-order valence-electron chi connectivity index (χ4n) is 2.28. The van der Waals surface area contributed by atoms with E-state index in [1.165, 1.54) is 23.5 Å². The number of ether oxygens (including phenoxy) is 1. The molecule has 2 aromatic carbocycles. The second-order valence-electron chi connectivity index (χ2n) is 5.34. The number of rotatable bonds is 5. The second kappa shape index (κ2) is 9.01. The molecule has 3 nitrogen and oxygen atoms in total. The van der Waals surface area contributed by atoms with Crippen molar-refractivity contribution in [3.63, 3.8) is 0 Å². The lowest BCUT2D eigenvalue weighted by Crippen LogP contribution is -2.20. The number of carbonyl (C=O) groups is 1. The predicted octanol–water partition coefficient (Wildman–Crippen LogP) is 5.18. The van der Waals surface area contributed by atoms with E-state index >= 15 is 0 Å². The van der Waals surface area contributed by atoms with Crippen molar-refractivity contribution in [2.24, 2.45) is 0 Å². The van der Waals surface area contributed by atoms with Crippen LogP contribution in [-0.2, 0) is 4.79 Å². The van der Waals surface area contributed by atoms with Gasteiger partial charge in [-0.25, -0.2) is 0 Å². The molecule has 2 aromatic rings. The summed E-state index contributed by atoms with van der Waals surface area (Å²) in [6.45, 7) is 0.0122.